The van der Waals surface area contributed by atoms with Crippen molar-refractivity contribution in [3.8, 4) is 5.69 Å². The highest BCUT2D eigenvalue weighted by molar-refractivity contribution is 7.99. The van der Waals surface area contributed by atoms with E-state index in [4.69, 9.17) is 4.74 Å². The molecule has 3 heterocycles. The SMILES string of the molecule is CCOC(=O)C1CCCN(C(=O)CSc2nc3ccsc3c(=O)n2-c2ccc(F)c(C)c2)C1. The summed E-state index contributed by atoms with van der Waals surface area (Å²) in [6.45, 7) is 4.62. The number of likely N-dealkylation sites (tertiary alicyclic amines) is 1. The number of hydrogen-bond donors (Lipinski definition) is 0. The molecular weight excluding hydrogens is 465 g/mol. The number of halogens is 1. The molecule has 2 aromatic heterocycles. The van der Waals surface area contributed by atoms with Gasteiger partial charge >= 0.3 is 5.97 Å². The van der Waals surface area contributed by atoms with Crippen LogP contribution in [-0.4, -0.2) is 51.8 Å². The van der Waals surface area contributed by atoms with Crippen LogP contribution in [0.3, 0.4) is 0 Å². The summed E-state index contributed by atoms with van der Waals surface area (Å²) in [4.78, 5) is 44.5. The van der Waals surface area contributed by atoms with Gasteiger partial charge in [0.15, 0.2) is 5.16 Å². The standard InChI is InChI=1S/C23H24FN3O4S2/c1-3-31-22(30)15-5-4-9-26(12-15)19(28)13-33-23-25-18-8-10-32-20(18)21(29)27(23)16-6-7-17(24)14(2)11-16/h6-8,10-11,15H,3-5,9,12-13H2,1-2H3. The van der Waals surface area contributed by atoms with Gasteiger partial charge in [-0.15, -0.1) is 11.3 Å². The van der Waals surface area contributed by atoms with Crippen molar-refractivity contribution in [3.05, 3.63) is 51.4 Å². The zero-order valence-corrected chi connectivity index (χ0v) is 20.0. The molecule has 0 radical (unpaired) electrons. The third kappa shape index (κ3) is 4.96. The molecule has 1 aliphatic heterocycles. The highest BCUT2D eigenvalue weighted by Gasteiger charge is 2.29. The van der Waals surface area contributed by atoms with Crippen LogP contribution in [0.1, 0.15) is 25.3 Å². The maximum absolute atomic E-state index is 13.8. The van der Waals surface area contributed by atoms with Crippen molar-refractivity contribution in [2.75, 3.05) is 25.4 Å². The quantitative estimate of drug-likeness (QED) is 0.298. The Kier molecular flexibility index (Phi) is 7.14. The van der Waals surface area contributed by atoms with Crippen molar-refractivity contribution >= 4 is 45.2 Å². The Hall–Kier alpha value is -2.72. The maximum Gasteiger partial charge on any atom is 0.310 e. The largest absolute Gasteiger partial charge is 0.466 e. The number of aryl methyl sites for hydroxylation is 1. The number of nitrogens with zero attached hydrogens (tertiary/aromatic N) is 3. The number of aromatic nitrogens is 2. The average molecular weight is 490 g/mol. The van der Waals surface area contributed by atoms with E-state index in [1.54, 1.807) is 36.3 Å². The first kappa shape index (κ1) is 23.4. The molecule has 3 aromatic rings. The van der Waals surface area contributed by atoms with Crippen molar-refractivity contribution in [2.45, 2.75) is 31.8 Å². The second-order valence-corrected chi connectivity index (χ2v) is 9.68. The molecule has 1 saturated heterocycles. The minimum absolute atomic E-state index is 0.0673. The molecule has 0 spiro atoms. The molecule has 0 aliphatic carbocycles. The highest BCUT2D eigenvalue weighted by Crippen LogP contribution is 2.26. The van der Waals surface area contributed by atoms with E-state index in [9.17, 15) is 18.8 Å². The predicted octanol–water partition coefficient (Wildman–Crippen LogP) is 3.79. The van der Waals surface area contributed by atoms with Crippen molar-refractivity contribution in [1.82, 2.24) is 14.5 Å². The summed E-state index contributed by atoms with van der Waals surface area (Å²) >= 11 is 2.46. The van der Waals surface area contributed by atoms with Gasteiger partial charge in [0, 0.05) is 13.1 Å². The lowest BCUT2D eigenvalue weighted by atomic mass is 9.98. The van der Waals surface area contributed by atoms with E-state index < -0.39 is 0 Å². The Morgan fingerprint density at radius 1 is 1.33 bits per heavy atom. The Morgan fingerprint density at radius 3 is 2.91 bits per heavy atom. The van der Waals surface area contributed by atoms with Gasteiger partial charge < -0.3 is 9.64 Å². The van der Waals surface area contributed by atoms with Gasteiger partial charge in [0.2, 0.25) is 5.91 Å². The fourth-order valence-corrected chi connectivity index (χ4v) is 5.53. The summed E-state index contributed by atoms with van der Waals surface area (Å²) < 4.78 is 20.9. The number of carbonyl (C=O) groups is 2. The number of hydrogen-bond acceptors (Lipinski definition) is 7. The Balaban J connectivity index is 1.58. The molecule has 4 rings (SSSR count). The Labute approximate surface area is 198 Å². The van der Waals surface area contributed by atoms with E-state index >= 15 is 0 Å². The summed E-state index contributed by atoms with van der Waals surface area (Å²) in [7, 11) is 0. The first-order valence-corrected chi connectivity index (χ1v) is 12.6. The molecule has 1 atom stereocenters. The summed E-state index contributed by atoms with van der Waals surface area (Å²) in [5, 5.41) is 2.16. The number of thiophene rings is 1. The second kappa shape index (κ2) is 10.0. The van der Waals surface area contributed by atoms with E-state index in [0.717, 1.165) is 18.2 Å². The van der Waals surface area contributed by atoms with Gasteiger partial charge in [0.1, 0.15) is 10.5 Å². The van der Waals surface area contributed by atoms with Crippen molar-refractivity contribution in [2.24, 2.45) is 5.92 Å². The maximum atomic E-state index is 13.8. The molecule has 7 nitrogen and oxygen atoms in total. The zero-order chi connectivity index (χ0) is 23.5. The number of ether oxygens (including phenoxy) is 1. The zero-order valence-electron chi connectivity index (χ0n) is 18.4. The first-order chi connectivity index (χ1) is 15.9. The minimum Gasteiger partial charge on any atom is -0.466 e. The third-order valence-corrected chi connectivity index (χ3v) is 7.38. The number of carbonyl (C=O) groups excluding carboxylic acids is 2. The number of benzene rings is 1. The highest BCUT2D eigenvalue weighted by atomic mass is 32.2. The number of piperidine rings is 1. The Bertz CT molecular complexity index is 1260. The Morgan fingerprint density at radius 2 is 2.15 bits per heavy atom. The van der Waals surface area contributed by atoms with Crippen LogP contribution >= 0.6 is 23.1 Å². The van der Waals surface area contributed by atoms with E-state index in [2.05, 4.69) is 4.98 Å². The molecular formula is C23H24FN3O4S2. The summed E-state index contributed by atoms with van der Waals surface area (Å²) in [5.74, 6) is -1.00. The van der Waals surface area contributed by atoms with Gasteiger partial charge in [-0.2, -0.15) is 0 Å². The number of amides is 1. The van der Waals surface area contributed by atoms with Crippen LogP contribution in [0.4, 0.5) is 4.39 Å². The van der Waals surface area contributed by atoms with Crippen LogP contribution in [0, 0.1) is 18.7 Å². The van der Waals surface area contributed by atoms with Crippen LogP contribution in [0.15, 0.2) is 39.6 Å². The van der Waals surface area contributed by atoms with Gasteiger partial charge in [0.05, 0.1) is 29.5 Å². The van der Waals surface area contributed by atoms with E-state index in [0.29, 0.717) is 52.7 Å². The molecule has 0 N–H and O–H groups in total. The molecule has 174 valence electrons. The molecule has 1 aromatic carbocycles. The smallest absolute Gasteiger partial charge is 0.310 e. The van der Waals surface area contributed by atoms with Gasteiger partial charge in [-0.1, -0.05) is 11.8 Å². The lowest BCUT2D eigenvalue weighted by Crippen LogP contribution is -2.43. The molecule has 0 bridgehead atoms. The van der Waals surface area contributed by atoms with Gasteiger partial charge in [-0.3, -0.25) is 19.0 Å². The fraction of sp³-hybridized carbons (Fsp3) is 0.391. The fourth-order valence-electron chi connectivity index (χ4n) is 3.86. The van der Waals surface area contributed by atoms with Crippen LogP contribution in [0.25, 0.3) is 15.9 Å². The molecule has 33 heavy (non-hydrogen) atoms. The number of thioether (sulfide) groups is 1. The lowest BCUT2D eigenvalue weighted by molar-refractivity contribution is -0.151. The van der Waals surface area contributed by atoms with Crippen LogP contribution in [0.2, 0.25) is 0 Å². The predicted molar refractivity (Wildman–Crippen MR) is 127 cm³/mol. The molecule has 1 amide bonds. The summed E-state index contributed by atoms with van der Waals surface area (Å²) in [6.07, 6.45) is 1.44. The second-order valence-electron chi connectivity index (χ2n) is 7.82. The lowest BCUT2D eigenvalue weighted by Gasteiger charge is -2.31. The van der Waals surface area contributed by atoms with E-state index in [-0.39, 0.29) is 34.9 Å². The molecule has 0 saturated carbocycles. The molecule has 10 heteroatoms. The summed E-state index contributed by atoms with van der Waals surface area (Å²) in [6, 6.07) is 6.21. The van der Waals surface area contributed by atoms with Crippen molar-refractivity contribution in [3.63, 3.8) is 0 Å². The van der Waals surface area contributed by atoms with E-state index in [1.165, 1.54) is 28.0 Å². The van der Waals surface area contributed by atoms with Crippen molar-refractivity contribution in [1.29, 1.82) is 0 Å². The molecule has 1 aliphatic rings. The van der Waals surface area contributed by atoms with E-state index in [1.807, 2.05) is 0 Å². The molecule has 1 fully saturated rings. The van der Waals surface area contributed by atoms with Crippen LogP contribution < -0.4 is 5.56 Å². The monoisotopic (exact) mass is 489 g/mol. The van der Waals surface area contributed by atoms with Crippen molar-refractivity contribution < 1.29 is 18.7 Å². The van der Waals surface area contributed by atoms with Gasteiger partial charge in [0.25, 0.3) is 5.56 Å². The number of rotatable bonds is 6. The van der Waals surface area contributed by atoms with Gasteiger partial charge in [-0.05, 0) is 61.9 Å². The van der Waals surface area contributed by atoms with Crippen LogP contribution in [0.5, 0.6) is 0 Å². The molecule has 1 unspecified atom stereocenters. The van der Waals surface area contributed by atoms with Gasteiger partial charge in [-0.25, -0.2) is 9.37 Å². The third-order valence-electron chi connectivity index (χ3n) is 5.57. The number of fused-ring (bicyclic) bond motifs is 1. The minimum atomic E-state index is -0.359. The first-order valence-electron chi connectivity index (χ1n) is 10.7. The van der Waals surface area contributed by atoms with Crippen LogP contribution in [-0.2, 0) is 14.3 Å². The normalized spacial score (nSPS) is 16.2. The average Bonchev–Trinajstić information content (AvgIpc) is 3.29. The summed E-state index contributed by atoms with van der Waals surface area (Å²) in [5.41, 5.74) is 1.22. The topological polar surface area (TPSA) is 81.5 Å². The number of esters is 1.